The van der Waals surface area contributed by atoms with Crippen molar-refractivity contribution in [2.24, 2.45) is 5.92 Å². The van der Waals surface area contributed by atoms with Crippen LogP contribution in [0.3, 0.4) is 0 Å². The molecule has 1 aromatic rings. The second-order valence-electron chi connectivity index (χ2n) is 5.10. The Morgan fingerprint density at radius 1 is 1.50 bits per heavy atom. The quantitative estimate of drug-likeness (QED) is 0.839. The molecular weight excluding hydrogens is 231 g/mol. The van der Waals surface area contributed by atoms with E-state index in [9.17, 15) is 4.39 Å². The lowest BCUT2D eigenvalue weighted by molar-refractivity contribution is -0.00771. The lowest BCUT2D eigenvalue weighted by atomic mass is 9.95. The van der Waals surface area contributed by atoms with Crippen molar-refractivity contribution in [1.82, 2.24) is 4.90 Å². The number of ether oxygens (including phenoxy) is 1. The van der Waals surface area contributed by atoms with Crippen molar-refractivity contribution >= 4 is 5.69 Å². The topological polar surface area (TPSA) is 38.5 Å². The summed E-state index contributed by atoms with van der Waals surface area (Å²) in [5.41, 5.74) is 6.47. The highest BCUT2D eigenvalue weighted by molar-refractivity contribution is 5.42. The lowest BCUT2D eigenvalue weighted by Crippen LogP contribution is -2.43. The minimum Gasteiger partial charge on any atom is -0.396 e. The number of halogens is 1. The Hall–Kier alpha value is -1.13. The van der Waals surface area contributed by atoms with Gasteiger partial charge < -0.3 is 10.5 Å². The van der Waals surface area contributed by atoms with E-state index in [0.717, 1.165) is 19.5 Å². The fourth-order valence-electron chi connectivity index (χ4n) is 2.51. The molecule has 2 atom stereocenters. The zero-order valence-electron chi connectivity index (χ0n) is 11.0. The van der Waals surface area contributed by atoms with Crippen LogP contribution in [0.25, 0.3) is 0 Å². The van der Waals surface area contributed by atoms with Crippen molar-refractivity contribution in [2.75, 3.05) is 25.9 Å². The zero-order valence-corrected chi connectivity index (χ0v) is 11.0. The molecule has 0 amide bonds. The number of likely N-dealkylation sites (tertiary alicyclic amines) is 1. The Balaban J connectivity index is 2.03. The molecular formula is C14H21FN2O. The first kappa shape index (κ1) is 13.3. The van der Waals surface area contributed by atoms with E-state index < -0.39 is 0 Å². The van der Waals surface area contributed by atoms with Gasteiger partial charge in [-0.1, -0.05) is 19.1 Å². The van der Waals surface area contributed by atoms with Crippen LogP contribution in [0, 0.1) is 11.7 Å². The normalized spacial score (nSPS) is 25.3. The van der Waals surface area contributed by atoms with Crippen molar-refractivity contribution in [1.29, 1.82) is 0 Å². The fourth-order valence-corrected chi connectivity index (χ4v) is 2.51. The number of nitrogens with zero attached hydrogens (tertiary/aromatic N) is 1. The molecule has 0 spiro atoms. The van der Waals surface area contributed by atoms with Gasteiger partial charge in [0.15, 0.2) is 5.82 Å². The average molecular weight is 252 g/mol. The van der Waals surface area contributed by atoms with Crippen LogP contribution in [0.1, 0.15) is 18.9 Å². The van der Waals surface area contributed by atoms with Gasteiger partial charge in [-0.25, -0.2) is 4.39 Å². The van der Waals surface area contributed by atoms with Gasteiger partial charge in [0, 0.05) is 25.8 Å². The summed E-state index contributed by atoms with van der Waals surface area (Å²) in [7, 11) is 1.74. The zero-order chi connectivity index (χ0) is 13.1. The summed E-state index contributed by atoms with van der Waals surface area (Å²) in [5.74, 6) is 0.280. The van der Waals surface area contributed by atoms with Crippen molar-refractivity contribution in [3.8, 4) is 0 Å². The monoisotopic (exact) mass is 252 g/mol. The predicted molar refractivity (Wildman–Crippen MR) is 70.7 cm³/mol. The predicted octanol–water partition coefficient (Wildman–Crippen LogP) is 2.26. The van der Waals surface area contributed by atoms with Crippen LogP contribution in [0.4, 0.5) is 10.1 Å². The van der Waals surface area contributed by atoms with Crippen LogP contribution in [-0.4, -0.2) is 31.2 Å². The molecule has 1 aliphatic heterocycles. The standard InChI is InChI=1S/C14H21FN2O/c1-10-6-7-17(9-13(10)18-2)8-11-4-3-5-12(16)14(11)15/h3-5,10,13H,6-9,16H2,1-2H3. The largest absolute Gasteiger partial charge is 0.396 e. The molecule has 1 fully saturated rings. The van der Waals surface area contributed by atoms with Gasteiger partial charge >= 0.3 is 0 Å². The second-order valence-corrected chi connectivity index (χ2v) is 5.10. The third-order valence-electron chi connectivity index (χ3n) is 3.78. The molecule has 1 aromatic carbocycles. The molecule has 0 radical (unpaired) electrons. The molecule has 3 nitrogen and oxygen atoms in total. The molecule has 0 aromatic heterocycles. The van der Waals surface area contributed by atoms with Crippen LogP contribution in [0.5, 0.6) is 0 Å². The minimum atomic E-state index is -0.287. The fraction of sp³-hybridized carbons (Fsp3) is 0.571. The number of nitrogens with two attached hydrogens (primary N) is 1. The Morgan fingerprint density at radius 2 is 2.28 bits per heavy atom. The van der Waals surface area contributed by atoms with E-state index >= 15 is 0 Å². The number of benzene rings is 1. The number of anilines is 1. The Morgan fingerprint density at radius 3 is 3.00 bits per heavy atom. The lowest BCUT2D eigenvalue weighted by Gasteiger charge is -2.36. The minimum absolute atomic E-state index is 0.223. The molecule has 1 aliphatic rings. The average Bonchev–Trinajstić information content (AvgIpc) is 2.37. The van der Waals surface area contributed by atoms with Crippen molar-refractivity contribution < 1.29 is 9.13 Å². The van der Waals surface area contributed by atoms with E-state index in [-0.39, 0.29) is 17.6 Å². The third kappa shape index (κ3) is 2.82. The molecule has 18 heavy (non-hydrogen) atoms. The molecule has 2 unspecified atom stereocenters. The second kappa shape index (κ2) is 5.67. The number of piperidine rings is 1. The highest BCUT2D eigenvalue weighted by Crippen LogP contribution is 2.23. The summed E-state index contributed by atoms with van der Waals surface area (Å²) >= 11 is 0. The van der Waals surface area contributed by atoms with Crippen LogP contribution >= 0.6 is 0 Å². The summed E-state index contributed by atoms with van der Waals surface area (Å²) < 4.78 is 19.3. The van der Waals surface area contributed by atoms with Gasteiger partial charge in [0.2, 0.25) is 0 Å². The number of methoxy groups -OCH3 is 1. The first-order valence-corrected chi connectivity index (χ1v) is 6.40. The maximum Gasteiger partial charge on any atom is 0.150 e. The first-order valence-electron chi connectivity index (χ1n) is 6.40. The van der Waals surface area contributed by atoms with Gasteiger partial charge in [-0.2, -0.15) is 0 Å². The van der Waals surface area contributed by atoms with Crippen molar-refractivity contribution in [3.05, 3.63) is 29.6 Å². The SMILES string of the molecule is COC1CN(Cc2cccc(N)c2F)CCC1C. The summed E-state index contributed by atoms with van der Waals surface area (Å²) in [6.45, 7) is 4.64. The third-order valence-corrected chi connectivity index (χ3v) is 3.78. The summed E-state index contributed by atoms with van der Waals surface area (Å²) in [6.07, 6.45) is 1.32. The number of hydrogen-bond donors (Lipinski definition) is 1. The van der Waals surface area contributed by atoms with E-state index in [4.69, 9.17) is 10.5 Å². The number of hydrogen-bond acceptors (Lipinski definition) is 3. The van der Waals surface area contributed by atoms with Gasteiger partial charge in [-0.3, -0.25) is 4.90 Å². The molecule has 0 bridgehead atoms. The van der Waals surface area contributed by atoms with E-state index in [1.54, 1.807) is 25.3 Å². The molecule has 2 N–H and O–H groups in total. The van der Waals surface area contributed by atoms with E-state index in [1.165, 1.54) is 0 Å². The summed E-state index contributed by atoms with van der Waals surface area (Å²) in [5, 5.41) is 0. The highest BCUT2D eigenvalue weighted by atomic mass is 19.1. The van der Waals surface area contributed by atoms with Crippen LogP contribution in [0.2, 0.25) is 0 Å². The van der Waals surface area contributed by atoms with Gasteiger partial charge in [0.1, 0.15) is 0 Å². The molecule has 1 saturated heterocycles. The molecule has 4 heteroatoms. The van der Waals surface area contributed by atoms with E-state index in [0.29, 0.717) is 18.0 Å². The first-order chi connectivity index (χ1) is 8.61. The van der Waals surface area contributed by atoms with Crippen LogP contribution in [0.15, 0.2) is 18.2 Å². The molecule has 0 saturated carbocycles. The molecule has 0 aliphatic carbocycles. The van der Waals surface area contributed by atoms with Gasteiger partial charge in [-0.05, 0) is 24.9 Å². The Bertz CT molecular complexity index is 411. The Kier molecular flexibility index (Phi) is 4.19. The smallest absolute Gasteiger partial charge is 0.150 e. The Labute approximate surface area is 108 Å². The number of rotatable bonds is 3. The van der Waals surface area contributed by atoms with Gasteiger partial charge in [-0.15, -0.1) is 0 Å². The van der Waals surface area contributed by atoms with Gasteiger partial charge in [0.25, 0.3) is 0 Å². The summed E-state index contributed by atoms with van der Waals surface area (Å²) in [6, 6.07) is 5.19. The van der Waals surface area contributed by atoms with Crippen molar-refractivity contribution in [2.45, 2.75) is 26.0 Å². The molecule has 1 heterocycles. The highest BCUT2D eigenvalue weighted by Gasteiger charge is 2.26. The van der Waals surface area contributed by atoms with Gasteiger partial charge in [0.05, 0.1) is 11.8 Å². The van der Waals surface area contributed by atoms with E-state index in [2.05, 4.69) is 11.8 Å². The maximum absolute atomic E-state index is 13.8. The van der Waals surface area contributed by atoms with Crippen molar-refractivity contribution in [3.63, 3.8) is 0 Å². The van der Waals surface area contributed by atoms with Crippen LogP contribution in [-0.2, 0) is 11.3 Å². The summed E-state index contributed by atoms with van der Waals surface area (Å²) in [4.78, 5) is 2.23. The maximum atomic E-state index is 13.8. The molecule has 2 rings (SSSR count). The molecule has 100 valence electrons. The number of nitrogen functional groups attached to an aromatic ring is 1. The van der Waals surface area contributed by atoms with E-state index in [1.807, 2.05) is 0 Å². The van der Waals surface area contributed by atoms with Crippen LogP contribution < -0.4 is 5.73 Å².